The number of nitrogens with zero attached hydrogens (tertiary/aromatic N) is 1. The zero-order valence-electron chi connectivity index (χ0n) is 22.5. The van der Waals surface area contributed by atoms with Gasteiger partial charge in [-0.3, -0.25) is 14.4 Å². The molecule has 0 N–H and O–H groups in total. The number of halogens is 1. The Labute approximate surface area is 239 Å². The summed E-state index contributed by atoms with van der Waals surface area (Å²) in [5.41, 5.74) is 2.00. The number of carbonyl (C=O) groups is 3. The van der Waals surface area contributed by atoms with E-state index >= 15 is 0 Å². The second-order valence-corrected chi connectivity index (χ2v) is 13.1. The number of ketones is 1. The van der Waals surface area contributed by atoms with E-state index < -0.39 is 27.3 Å². The van der Waals surface area contributed by atoms with Crippen molar-refractivity contribution >= 4 is 39.1 Å². The molecule has 3 aromatic rings. The van der Waals surface area contributed by atoms with Gasteiger partial charge in [0.1, 0.15) is 5.92 Å². The average Bonchev–Trinajstić information content (AvgIpc) is 3.17. The van der Waals surface area contributed by atoms with Gasteiger partial charge in [-0.05, 0) is 60.4 Å². The third-order valence-corrected chi connectivity index (χ3v) is 9.46. The molecule has 2 aliphatic rings. The number of hydrogen-bond acceptors (Lipinski definition) is 6. The molecule has 7 nitrogen and oxygen atoms in total. The first-order valence-corrected chi connectivity index (χ1v) is 15.4. The molecule has 2 unspecified atom stereocenters. The number of esters is 1. The number of sulfone groups is 1. The summed E-state index contributed by atoms with van der Waals surface area (Å²) in [4.78, 5) is 41.9. The normalized spacial score (nSPS) is 19.5. The van der Waals surface area contributed by atoms with Crippen molar-refractivity contribution in [2.45, 2.75) is 49.0 Å². The van der Waals surface area contributed by atoms with Crippen LogP contribution in [0, 0.1) is 6.92 Å². The Morgan fingerprint density at radius 2 is 1.70 bits per heavy atom. The highest BCUT2D eigenvalue weighted by Gasteiger charge is 2.57. The molecular weight excluding hydrogens is 550 g/mol. The minimum absolute atomic E-state index is 0.0208. The summed E-state index contributed by atoms with van der Waals surface area (Å²) in [5, 5.41) is 0.295. The Morgan fingerprint density at radius 3 is 2.35 bits per heavy atom. The summed E-state index contributed by atoms with van der Waals surface area (Å²) in [6, 6.07) is 19.4. The molecule has 2 aliphatic heterocycles. The highest BCUT2D eigenvalue weighted by Crippen LogP contribution is 2.44. The quantitative estimate of drug-likeness (QED) is 0.308. The number of carbonyl (C=O) groups excluding carboxylic acids is 3. The van der Waals surface area contributed by atoms with Crippen molar-refractivity contribution < 1.29 is 27.5 Å². The molecule has 0 aliphatic carbocycles. The molecule has 0 bridgehead atoms. The van der Waals surface area contributed by atoms with Crippen molar-refractivity contribution in [3.8, 4) is 11.1 Å². The lowest BCUT2D eigenvalue weighted by Crippen LogP contribution is -2.51. The van der Waals surface area contributed by atoms with E-state index in [0.29, 0.717) is 40.4 Å². The van der Waals surface area contributed by atoms with Crippen LogP contribution in [0.25, 0.3) is 11.1 Å². The van der Waals surface area contributed by atoms with Gasteiger partial charge in [-0.1, -0.05) is 54.1 Å². The zero-order chi connectivity index (χ0) is 28.8. The average molecular weight is 580 g/mol. The molecule has 5 rings (SSSR count). The number of ether oxygens (including phenoxy) is 1. The van der Waals surface area contributed by atoms with E-state index in [1.54, 1.807) is 42.2 Å². The van der Waals surface area contributed by atoms with Crippen LogP contribution in [0.4, 0.5) is 0 Å². The molecule has 208 valence electrons. The van der Waals surface area contributed by atoms with E-state index in [-0.39, 0.29) is 35.3 Å². The summed E-state index contributed by atoms with van der Waals surface area (Å²) in [7, 11) is -3.41. The van der Waals surface area contributed by atoms with Crippen LogP contribution in [0.2, 0.25) is 5.02 Å². The van der Waals surface area contributed by atoms with E-state index in [9.17, 15) is 22.8 Å². The van der Waals surface area contributed by atoms with E-state index in [0.717, 1.165) is 11.8 Å². The highest BCUT2D eigenvalue weighted by molar-refractivity contribution is 7.90. The van der Waals surface area contributed by atoms with Crippen LogP contribution < -0.4 is 0 Å². The van der Waals surface area contributed by atoms with Gasteiger partial charge < -0.3 is 9.64 Å². The summed E-state index contributed by atoms with van der Waals surface area (Å²) in [6.07, 6.45) is 1.62. The molecule has 0 aromatic heterocycles. The predicted octanol–water partition coefficient (Wildman–Crippen LogP) is 5.09. The SMILES string of the molecule is Cc1cc(-c2cccc(S(C)(=O)=O)c2)c(Cl)cc1C1C(=O)OC2(CCN(C(=O)C(C)c3ccccc3)CC2)C1=O. The molecule has 40 heavy (non-hydrogen) atoms. The topological polar surface area (TPSA) is 97.8 Å². The maximum Gasteiger partial charge on any atom is 0.322 e. The molecule has 9 heteroatoms. The lowest BCUT2D eigenvalue weighted by molar-refractivity contribution is -0.158. The molecule has 2 fully saturated rings. The molecule has 3 aromatic carbocycles. The van der Waals surface area contributed by atoms with Crippen LogP contribution in [-0.2, 0) is 29.0 Å². The maximum absolute atomic E-state index is 13.7. The van der Waals surface area contributed by atoms with Gasteiger partial charge in [-0.25, -0.2) is 8.42 Å². The Hall–Kier alpha value is -3.49. The van der Waals surface area contributed by atoms with Crippen LogP contribution in [0.5, 0.6) is 0 Å². The van der Waals surface area contributed by atoms with Crippen molar-refractivity contribution in [1.29, 1.82) is 0 Å². The lowest BCUT2D eigenvalue weighted by Gasteiger charge is -2.38. The molecule has 0 radical (unpaired) electrons. The van der Waals surface area contributed by atoms with E-state index in [1.165, 1.54) is 6.07 Å². The largest absolute Gasteiger partial charge is 0.450 e. The second-order valence-electron chi connectivity index (χ2n) is 10.7. The summed E-state index contributed by atoms with van der Waals surface area (Å²) in [6.45, 7) is 4.29. The minimum Gasteiger partial charge on any atom is -0.450 e. The Morgan fingerprint density at radius 1 is 1.02 bits per heavy atom. The fraction of sp³-hybridized carbons (Fsp3) is 0.323. The predicted molar refractivity (Wildman–Crippen MR) is 152 cm³/mol. The van der Waals surface area contributed by atoms with Crippen LogP contribution in [0.1, 0.15) is 48.3 Å². The minimum atomic E-state index is -3.41. The maximum atomic E-state index is 13.7. The zero-order valence-corrected chi connectivity index (χ0v) is 24.1. The van der Waals surface area contributed by atoms with E-state index in [1.807, 2.05) is 37.3 Å². The van der Waals surface area contributed by atoms with Crippen molar-refractivity contribution in [2.24, 2.45) is 0 Å². The molecule has 1 amide bonds. The summed E-state index contributed by atoms with van der Waals surface area (Å²) in [5.74, 6) is -2.38. The van der Waals surface area contributed by atoms with Gasteiger partial charge in [0.25, 0.3) is 0 Å². The summed E-state index contributed by atoms with van der Waals surface area (Å²) < 4.78 is 29.8. The van der Waals surface area contributed by atoms with Crippen LogP contribution in [0.15, 0.2) is 71.6 Å². The fourth-order valence-electron chi connectivity index (χ4n) is 5.66. The van der Waals surface area contributed by atoms with Crippen LogP contribution in [-0.4, -0.2) is 55.9 Å². The fourth-order valence-corrected chi connectivity index (χ4v) is 6.61. The number of benzene rings is 3. The Kier molecular flexibility index (Phi) is 7.35. The van der Waals surface area contributed by atoms with Crippen molar-refractivity contribution in [3.05, 3.63) is 88.4 Å². The molecule has 0 saturated carbocycles. The first kappa shape index (κ1) is 28.1. The van der Waals surface area contributed by atoms with Crippen molar-refractivity contribution in [2.75, 3.05) is 19.3 Å². The number of likely N-dealkylation sites (tertiary alicyclic amines) is 1. The Balaban J connectivity index is 1.36. The Bertz CT molecular complexity index is 1610. The first-order valence-electron chi connectivity index (χ1n) is 13.1. The number of Topliss-reactive ketones (excluding diaryl/α,β-unsaturated/α-hetero) is 1. The second kappa shape index (κ2) is 10.5. The van der Waals surface area contributed by atoms with Gasteiger partial charge >= 0.3 is 5.97 Å². The third-order valence-electron chi connectivity index (χ3n) is 8.04. The van der Waals surface area contributed by atoms with Gasteiger partial charge in [-0.15, -0.1) is 0 Å². The number of amides is 1. The molecular formula is C31H30ClNO6S. The highest BCUT2D eigenvalue weighted by atomic mass is 35.5. The van der Waals surface area contributed by atoms with Gasteiger partial charge in [-0.2, -0.15) is 0 Å². The van der Waals surface area contributed by atoms with Gasteiger partial charge in [0, 0.05) is 42.8 Å². The van der Waals surface area contributed by atoms with Crippen molar-refractivity contribution in [1.82, 2.24) is 4.90 Å². The molecule has 2 heterocycles. The van der Waals surface area contributed by atoms with Crippen LogP contribution in [0.3, 0.4) is 0 Å². The van der Waals surface area contributed by atoms with Gasteiger partial charge in [0.2, 0.25) is 5.91 Å². The smallest absolute Gasteiger partial charge is 0.322 e. The number of aryl methyl sites for hydroxylation is 1. The molecule has 2 atom stereocenters. The standard InChI is InChI=1S/C31H30ClNO6S/c1-19-16-25(22-10-7-11-23(17-22)40(3,37)38)26(32)18-24(19)27-28(34)31(39-30(27)36)12-14-33(15-13-31)29(35)20(2)21-8-5-4-6-9-21/h4-11,16-18,20,27H,12-15H2,1-3H3. The third kappa shape index (κ3) is 5.06. The monoisotopic (exact) mass is 579 g/mol. The van der Waals surface area contributed by atoms with Crippen molar-refractivity contribution in [3.63, 3.8) is 0 Å². The molecule has 1 spiro atoms. The first-order chi connectivity index (χ1) is 18.9. The van der Waals surface area contributed by atoms with Gasteiger partial charge in [0.05, 0.1) is 10.8 Å². The van der Waals surface area contributed by atoms with Gasteiger partial charge in [0.15, 0.2) is 21.2 Å². The van der Waals surface area contributed by atoms with Crippen LogP contribution >= 0.6 is 11.6 Å². The number of hydrogen-bond donors (Lipinski definition) is 0. The molecule has 2 saturated heterocycles. The number of piperidine rings is 1. The van der Waals surface area contributed by atoms with E-state index in [2.05, 4.69) is 0 Å². The lowest BCUT2D eigenvalue weighted by atomic mass is 9.80. The number of rotatable bonds is 5. The summed E-state index contributed by atoms with van der Waals surface area (Å²) >= 11 is 6.63. The van der Waals surface area contributed by atoms with E-state index in [4.69, 9.17) is 16.3 Å².